The molecule has 0 unspecified atom stereocenters. The Balaban J connectivity index is 1.39. The molecule has 0 saturated carbocycles. The molecule has 134 valence electrons. The van der Waals surface area contributed by atoms with Crippen molar-refractivity contribution in [1.82, 2.24) is 9.78 Å². The Morgan fingerprint density at radius 3 is 2.85 bits per heavy atom. The number of amides is 1. The number of hydrogen-bond donors (Lipinski definition) is 1. The number of hydrogen-bond acceptors (Lipinski definition) is 3. The van der Waals surface area contributed by atoms with E-state index in [1.165, 1.54) is 0 Å². The Morgan fingerprint density at radius 2 is 1.96 bits per heavy atom. The lowest BCUT2D eigenvalue weighted by Gasteiger charge is -2.21. The van der Waals surface area contributed by atoms with E-state index in [1.54, 1.807) is 6.20 Å². The first-order valence-corrected chi connectivity index (χ1v) is 9.14. The topological polar surface area (TPSA) is 56.2 Å². The van der Waals surface area contributed by atoms with E-state index in [1.807, 2.05) is 35.1 Å². The molecule has 1 aliphatic rings. The standard InChI is InChI=1S/C21H23N3O2/c25-21(12-18-6-3-5-17-4-1-2-7-20(17)18)23-19-13-22-24(15-19)14-16-8-10-26-11-9-16/h1-7,13,15-16H,8-12,14H2,(H,23,25). The third kappa shape index (κ3) is 3.94. The summed E-state index contributed by atoms with van der Waals surface area (Å²) in [6.07, 6.45) is 6.13. The number of fused-ring (bicyclic) bond motifs is 1. The van der Waals surface area contributed by atoms with Crippen molar-refractivity contribution in [1.29, 1.82) is 0 Å². The van der Waals surface area contributed by atoms with Crippen molar-refractivity contribution in [2.75, 3.05) is 18.5 Å². The van der Waals surface area contributed by atoms with E-state index in [2.05, 4.69) is 28.6 Å². The number of benzene rings is 2. The van der Waals surface area contributed by atoms with Crippen LogP contribution in [0.15, 0.2) is 54.9 Å². The molecule has 2 aromatic carbocycles. The molecule has 0 radical (unpaired) electrons. The molecule has 1 saturated heterocycles. The van der Waals surface area contributed by atoms with Crippen molar-refractivity contribution >= 4 is 22.4 Å². The largest absolute Gasteiger partial charge is 0.381 e. The molecule has 0 bridgehead atoms. The van der Waals surface area contributed by atoms with Crippen LogP contribution in [0.1, 0.15) is 18.4 Å². The average Bonchev–Trinajstić information content (AvgIpc) is 3.09. The minimum absolute atomic E-state index is 0.0213. The lowest BCUT2D eigenvalue weighted by atomic mass is 10.0. The van der Waals surface area contributed by atoms with E-state index in [0.717, 1.165) is 54.6 Å². The zero-order chi connectivity index (χ0) is 17.8. The maximum atomic E-state index is 12.5. The van der Waals surface area contributed by atoms with E-state index in [4.69, 9.17) is 4.74 Å². The van der Waals surface area contributed by atoms with Crippen molar-refractivity contribution in [3.63, 3.8) is 0 Å². The van der Waals surface area contributed by atoms with Gasteiger partial charge in [0.2, 0.25) is 5.91 Å². The third-order valence-corrected chi connectivity index (χ3v) is 4.93. The van der Waals surface area contributed by atoms with Gasteiger partial charge in [0.05, 0.1) is 18.3 Å². The van der Waals surface area contributed by atoms with Gasteiger partial charge in [-0.05, 0) is 35.1 Å². The van der Waals surface area contributed by atoms with E-state index in [-0.39, 0.29) is 5.91 Å². The molecule has 26 heavy (non-hydrogen) atoms. The Morgan fingerprint density at radius 1 is 1.15 bits per heavy atom. The van der Waals surface area contributed by atoms with E-state index >= 15 is 0 Å². The highest BCUT2D eigenvalue weighted by atomic mass is 16.5. The lowest BCUT2D eigenvalue weighted by molar-refractivity contribution is -0.115. The molecule has 1 amide bonds. The van der Waals surface area contributed by atoms with Gasteiger partial charge in [0.15, 0.2) is 0 Å². The van der Waals surface area contributed by atoms with Gasteiger partial charge in [0.1, 0.15) is 0 Å². The highest BCUT2D eigenvalue weighted by Gasteiger charge is 2.15. The van der Waals surface area contributed by atoms with Crippen LogP contribution in [-0.2, 0) is 22.5 Å². The summed E-state index contributed by atoms with van der Waals surface area (Å²) in [5.41, 5.74) is 1.79. The molecule has 0 spiro atoms. The number of aromatic nitrogens is 2. The number of carbonyl (C=O) groups excluding carboxylic acids is 1. The lowest BCUT2D eigenvalue weighted by Crippen LogP contribution is -2.20. The summed E-state index contributed by atoms with van der Waals surface area (Å²) in [7, 11) is 0. The average molecular weight is 349 g/mol. The quantitative estimate of drug-likeness (QED) is 0.765. The fraction of sp³-hybridized carbons (Fsp3) is 0.333. The normalized spacial score (nSPS) is 15.2. The van der Waals surface area contributed by atoms with Crippen LogP contribution in [0.5, 0.6) is 0 Å². The molecular weight excluding hydrogens is 326 g/mol. The van der Waals surface area contributed by atoms with Crippen LogP contribution >= 0.6 is 0 Å². The fourth-order valence-corrected chi connectivity index (χ4v) is 3.55. The third-order valence-electron chi connectivity index (χ3n) is 4.93. The first-order valence-electron chi connectivity index (χ1n) is 9.14. The zero-order valence-corrected chi connectivity index (χ0v) is 14.7. The van der Waals surface area contributed by atoms with Crippen molar-refractivity contribution < 1.29 is 9.53 Å². The number of anilines is 1. The van der Waals surface area contributed by atoms with Gasteiger partial charge in [-0.1, -0.05) is 42.5 Å². The zero-order valence-electron chi connectivity index (χ0n) is 14.7. The Bertz CT molecular complexity index is 892. The molecule has 4 rings (SSSR count). The minimum atomic E-state index is -0.0213. The molecule has 5 heteroatoms. The molecule has 1 fully saturated rings. The first kappa shape index (κ1) is 16.8. The first-order chi connectivity index (χ1) is 12.8. The molecule has 1 aliphatic heterocycles. The maximum Gasteiger partial charge on any atom is 0.228 e. The van der Waals surface area contributed by atoms with E-state index in [9.17, 15) is 4.79 Å². The second kappa shape index (κ2) is 7.70. The molecule has 3 aromatic rings. The molecule has 0 atom stereocenters. The maximum absolute atomic E-state index is 12.5. The summed E-state index contributed by atoms with van der Waals surface area (Å²) in [6, 6.07) is 14.2. The summed E-state index contributed by atoms with van der Waals surface area (Å²) in [5, 5.41) is 9.63. The minimum Gasteiger partial charge on any atom is -0.381 e. The SMILES string of the molecule is O=C(Cc1cccc2ccccc12)Nc1cnn(CC2CCOCC2)c1. The van der Waals surface area contributed by atoms with Crippen molar-refractivity contribution in [2.45, 2.75) is 25.8 Å². The van der Waals surface area contributed by atoms with Crippen LogP contribution in [0.25, 0.3) is 10.8 Å². The summed E-state index contributed by atoms with van der Waals surface area (Å²) < 4.78 is 7.32. The van der Waals surface area contributed by atoms with Crippen LogP contribution in [0.3, 0.4) is 0 Å². The Hall–Kier alpha value is -2.66. The van der Waals surface area contributed by atoms with Gasteiger partial charge in [-0.15, -0.1) is 0 Å². The van der Waals surface area contributed by atoms with Gasteiger partial charge < -0.3 is 10.1 Å². The number of nitrogens with zero attached hydrogens (tertiary/aromatic N) is 2. The molecule has 1 aromatic heterocycles. The monoisotopic (exact) mass is 349 g/mol. The predicted octanol–water partition coefficient (Wildman–Crippen LogP) is 3.64. The highest BCUT2D eigenvalue weighted by molar-refractivity contribution is 5.96. The van der Waals surface area contributed by atoms with Crippen LogP contribution in [0.4, 0.5) is 5.69 Å². The Labute approximate surface area is 153 Å². The molecule has 0 aliphatic carbocycles. The van der Waals surface area contributed by atoms with Gasteiger partial charge in [0, 0.05) is 26.0 Å². The number of rotatable bonds is 5. The summed E-state index contributed by atoms with van der Waals surface area (Å²) in [4.78, 5) is 12.5. The van der Waals surface area contributed by atoms with Gasteiger partial charge in [-0.3, -0.25) is 9.48 Å². The predicted molar refractivity (Wildman–Crippen MR) is 102 cm³/mol. The Kier molecular flexibility index (Phi) is 4.97. The second-order valence-electron chi connectivity index (χ2n) is 6.87. The van der Waals surface area contributed by atoms with Crippen LogP contribution in [-0.4, -0.2) is 28.9 Å². The van der Waals surface area contributed by atoms with Gasteiger partial charge in [0.25, 0.3) is 0 Å². The van der Waals surface area contributed by atoms with Gasteiger partial charge in [-0.25, -0.2) is 0 Å². The number of nitrogens with one attached hydrogen (secondary N) is 1. The van der Waals surface area contributed by atoms with Gasteiger partial charge >= 0.3 is 0 Å². The second-order valence-corrected chi connectivity index (χ2v) is 6.87. The number of ether oxygens (including phenoxy) is 1. The molecular formula is C21H23N3O2. The van der Waals surface area contributed by atoms with E-state index < -0.39 is 0 Å². The fourth-order valence-electron chi connectivity index (χ4n) is 3.55. The van der Waals surface area contributed by atoms with Crippen molar-refractivity contribution in [2.24, 2.45) is 5.92 Å². The molecule has 2 heterocycles. The summed E-state index contributed by atoms with van der Waals surface area (Å²) in [5.74, 6) is 0.579. The van der Waals surface area contributed by atoms with Crippen molar-refractivity contribution in [3.8, 4) is 0 Å². The summed E-state index contributed by atoms with van der Waals surface area (Å²) >= 11 is 0. The smallest absolute Gasteiger partial charge is 0.228 e. The van der Waals surface area contributed by atoms with E-state index in [0.29, 0.717) is 12.3 Å². The highest BCUT2D eigenvalue weighted by Crippen LogP contribution is 2.20. The van der Waals surface area contributed by atoms with Crippen molar-refractivity contribution in [3.05, 3.63) is 60.4 Å². The summed E-state index contributed by atoms with van der Waals surface area (Å²) in [6.45, 7) is 2.55. The molecule has 5 nitrogen and oxygen atoms in total. The van der Waals surface area contributed by atoms with Crippen LogP contribution in [0, 0.1) is 5.92 Å². The molecule has 1 N–H and O–H groups in total. The van der Waals surface area contributed by atoms with Crippen LogP contribution < -0.4 is 5.32 Å². The van der Waals surface area contributed by atoms with Gasteiger partial charge in [-0.2, -0.15) is 5.10 Å². The number of carbonyl (C=O) groups is 1. The van der Waals surface area contributed by atoms with Crippen LogP contribution in [0.2, 0.25) is 0 Å².